The first kappa shape index (κ1) is 26.2. The highest BCUT2D eigenvalue weighted by molar-refractivity contribution is 7.82. The van der Waals surface area contributed by atoms with Crippen molar-refractivity contribution in [3.05, 3.63) is 39.8 Å². The summed E-state index contributed by atoms with van der Waals surface area (Å²) >= 11 is 0. The molecular formula is C24H34N4O5S. The van der Waals surface area contributed by atoms with E-state index in [1.807, 2.05) is 18.2 Å². The Bertz CT molecular complexity index is 1080. The molecule has 1 aliphatic rings. The molecule has 1 fully saturated rings. The Morgan fingerprint density at radius 3 is 2.76 bits per heavy atom. The number of aliphatic hydroxyl groups excluding tert-OH is 1. The Kier molecular flexibility index (Phi) is 9.52. The van der Waals surface area contributed by atoms with Gasteiger partial charge in [0.25, 0.3) is 5.56 Å². The second-order valence-electron chi connectivity index (χ2n) is 8.23. The summed E-state index contributed by atoms with van der Waals surface area (Å²) in [5.74, 6) is 0.819. The highest BCUT2D eigenvalue weighted by Crippen LogP contribution is 2.31. The molecule has 9 nitrogen and oxygen atoms in total. The molecule has 0 aliphatic carbocycles. The topological polar surface area (TPSA) is 129 Å². The molecule has 0 amide bonds. The van der Waals surface area contributed by atoms with E-state index in [2.05, 4.69) is 9.97 Å². The number of benzene rings is 1. The minimum Gasteiger partial charge on any atom is -0.493 e. The van der Waals surface area contributed by atoms with Crippen molar-refractivity contribution in [1.29, 1.82) is 5.41 Å². The first-order chi connectivity index (χ1) is 16.4. The number of hydrogen-bond donors (Lipinski definition) is 3. The minimum absolute atomic E-state index is 0.0343. The van der Waals surface area contributed by atoms with Crippen molar-refractivity contribution in [3.8, 4) is 17.1 Å². The quantitative estimate of drug-likeness (QED) is 0.293. The van der Waals surface area contributed by atoms with Crippen molar-refractivity contribution >= 4 is 16.7 Å². The van der Waals surface area contributed by atoms with Gasteiger partial charge >= 0.3 is 0 Å². The molecule has 3 rings (SSSR count). The van der Waals surface area contributed by atoms with Gasteiger partial charge < -0.3 is 25.0 Å². The van der Waals surface area contributed by atoms with Crippen LogP contribution in [0, 0.1) is 12.3 Å². The summed E-state index contributed by atoms with van der Waals surface area (Å²) in [5, 5.41) is 17.2. The Hall–Kier alpha value is -2.40. The van der Waals surface area contributed by atoms with Crippen LogP contribution in [-0.2, 0) is 15.7 Å². The number of aliphatic hydroxyl groups is 1. The van der Waals surface area contributed by atoms with Crippen LogP contribution in [0.5, 0.6) is 5.75 Å². The van der Waals surface area contributed by atoms with Gasteiger partial charge in [-0.05, 0) is 51.3 Å². The van der Waals surface area contributed by atoms with E-state index in [9.17, 15) is 9.00 Å². The van der Waals surface area contributed by atoms with E-state index in [0.717, 1.165) is 12.8 Å². The van der Waals surface area contributed by atoms with E-state index >= 15 is 0 Å². The molecule has 186 valence electrons. The number of aromatic nitrogens is 2. The summed E-state index contributed by atoms with van der Waals surface area (Å²) in [6, 6.07) is 5.23. The summed E-state index contributed by atoms with van der Waals surface area (Å²) in [6.45, 7) is 7.79. The number of nitrogens with zero attached hydrogens (tertiary/aromatic N) is 2. The van der Waals surface area contributed by atoms with Gasteiger partial charge in [-0.25, -0.2) is 13.5 Å². The molecule has 0 saturated carbocycles. The summed E-state index contributed by atoms with van der Waals surface area (Å²) in [5.41, 5.74) is 1.33. The lowest BCUT2D eigenvalue weighted by atomic mass is 10.1. The van der Waals surface area contributed by atoms with Crippen LogP contribution in [0.3, 0.4) is 0 Å². The van der Waals surface area contributed by atoms with Gasteiger partial charge in [-0.15, -0.1) is 0 Å². The number of aromatic amines is 1. The van der Waals surface area contributed by atoms with Crippen LogP contribution in [0.4, 0.5) is 0 Å². The zero-order chi connectivity index (χ0) is 24.7. The van der Waals surface area contributed by atoms with Gasteiger partial charge in [0.2, 0.25) is 0 Å². The molecule has 0 spiro atoms. The molecule has 0 bridgehead atoms. The average Bonchev–Trinajstić information content (AvgIpc) is 2.79. The third-order valence-electron chi connectivity index (χ3n) is 5.60. The van der Waals surface area contributed by atoms with Crippen LogP contribution in [0.2, 0.25) is 0 Å². The maximum Gasteiger partial charge on any atom is 0.254 e. The predicted octanol–water partition coefficient (Wildman–Crippen LogP) is 2.81. The Morgan fingerprint density at radius 2 is 2.09 bits per heavy atom. The molecule has 10 heteroatoms. The first-order valence-corrected chi connectivity index (χ1v) is 12.8. The molecular weight excluding hydrogens is 456 g/mol. The Morgan fingerprint density at radius 1 is 1.32 bits per heavy atom. The van der Waals surface area contributed by atoms with Crippen LogP contribution in [0.15, 0.2) is 27.9 Å². The second kappa shape index (κ2) is 12.3. The van der Waals surface area contributed by atoms with Crippen LogP contribution < -0.4 is 10.3 Å². The second-order valence-corrected chi connectivity index (χ2v) is 9.71. The molecule has 1 aromatic heterocycles. The average molecular weight is 491 g/mol. The van der Waals surface area contributed by atoms with Crippen LogP contribution in [0.25, 0.3) is 11.4 Å². The zero-order valence-electron chi connectivity index (χ0n) is 20.1. The molecule has 3 N–H and O–H groups in total. The third-order valence-corrected chi connectivity index (χ3v) is 7.02. The summed E-state index contributed by atoms with van der Waals surface area (Å²) in [7, 11) is -1.40. The van der Waals surface area contributed by atoms with Gasteiger partial charge in [-0.1, -0.05) is 13.3 Å². The SMILES string of the molecule is CCCC(=N)c1nc(-c2cc(S(=O)N3CC(OCCCCO)C3)ccc2OCC)[nH]c(=O)c1C. The lowest BCUT2D eigenvalue weighted by Crippen LogP contribution is -2.52. The van der Waals surface area contributed by atoms with Gasteiger partial charge in [0.15, 0.2) is 0 Å². The van der Waals surface area contributed by atoms with Crippen molar-refractivity contribution in [3.63, 3.8) is 0 Å². The van der Waals surface area contributed by atoms with E-state index < -0.39 is 11.0 Å². The van der Waals surface area contributed by atoms with Crippen molar-refractivity contribution in [1.82, 2.24) is 14.3 Å². The number of rotatable bonds is 13. The van der Waals surface area contributed by atoms with Gasteiger partial charge in [0, 0.05) is 31.9 Å². The van der Waals surface area contributed by atoms with Crippen molar-refractivity contribution in [2.45, 2.75) is 57.5 Å². The lowest BCUT2D eigenvalue weighted by Gasteiger charge is -2.37. The zero-order valence-corrected chi connectivity index (χ0v) is 20.9. The largest absolute Gasteiger partial charge is 0.493 e. The predicted molar refractivity (Wildman–Crippen MR) is 132 cm³/mol. The summed E-state index contributed by atoms with van der Waals surface area (Å²) in [6.07, 6.45) is 2.86. The van der Waals surface area contributed by atoms with E-state index in [1.165, 1.54) is 0 Å². The number of hydrogen-bond acceptors (Lipinski definition) is 7. The Balaban J connectivity index is 1.84. The van der Waals surface area contributed by atoms with Crippen molar-refractivity contribution < 1.29 is 18.8 Å². The summed E-state index contributed by atoms with van der Waals surface area (Å²) < 4.78 is 26.5. The lowest BCUT2D eigenvalue weighted by molar-refractivity contribution is -0.0201. The van der Waals surface area contributed by atoms with Crippen LogP contribution >= 0.6 is 0 Å². The maximum atomic E-state index is 13.2. The van der Waals surface area contributed by atoms with E-state index in [-0.39, 0.29) is 18.3 Å². The molecule has 2 heterocycles. The fraction of sp³-hybridized carbons (Fsp3) is 0.542. The first-order valence-electron chi connectivity index (χ1n) is 11.7. The summed E-state index contributed by atoms with van der Waals surface area (Å²) in [4.78, 5) is 20.6. The van der Waals surface area contributed by atoms with Gasteiger partial charge in [0.1, 0.15) is 22.6 Å². The number of unbranched alkanes of at least 4 members (excludes halogenated alkanes) is 1. The van der Waals surface area contributed by atoms with Crippen LogP contribution in [-0.4, -0.2) is 68.3 Å². The van der Waals surface area contributed by atoms with Crippen molar-refractivity contribution in [2.75, 3.05) is 32.9 Å². The molecule has 0 radical (unpaired) electrons. The molecule has 2 aromatic rings. The molecule has 34 heavy (non-hydrogen) atoms. The third kappa shape index (κ3) is 6.18. The molecule has 1 unspecified atom stereocenters. The van der Waals surface area contributed by atoms with Gasteiger partial charge in [-0.2, -0.15) is 0 Å². The fourth-order valence-corrected chi connectivity index (χ4v) is 4.97. The molecule has 1 saturated heterocycles. The number of ether oxygens (including phenoxy) is 2. The molecule has 1 aromatic carbocycles. The Labute approximate surface area is 202 Å². The minimum atomic E-state index is -1.40. The maximum absolute atomic E-state index is 13.2. The van der Waals surface area contributed by atoms with E-state index in [1.54, 1.807) is 25.1 Å². The fourth-order valence-electron chi connectivity index (χ4n) is 3.66. The smallest absolute Gasteiger partial charge is 0.254 e. The standard InChI is InChI=1S/C24H34N4O5S/c1-4-8-20(25)22-16(3)24(30)27-23(26-22)19-13-18(9-10-21(19)32-5-2)34(31)28-14-17(15-28)33-12-7-6-11-29/h9-10,13,17,25,29H,4-8,11-12,14-15H2,1-3H3,(H,26,27,30). The molecule has 1 aliphatic heterocycles. The van der Waals surface area contributed by atoms with Crippen molar-refractivity contribution in [2.24, 2.45) is 0 Å². The van der Waals surface area contributed by atoms with Gasteiger partial charge in [-0.3, -0.25) is 4.79 Å². The number of H-pyrrole nitrogens is 1. The van der Waals surface area contributed by atoms with Crippen LogP contribution in [0.1, 0.15) is 50.8 Å². The normalized spacial score (nSPS) is 15.2. The van der Waals surface area contributed by atoms with E-state index in [4.69, 9.17) is 20.0 Å². The molecule has 1 atom stereocenters. The van der Waals surface area contributed by atoms with E-state index in [0.29, 0.717) is 78.1 Å². The highest BCUT2D eigenvalue weighted by Gasteiger charge is 2.32. The monoisotopic (exact) mass is 490 g/mol. The number of nitrogens with one attached hydrogen (secondary N) is 2. The highest BCUT2D eigenvalue weighted by atomic mass is 32.2. The van der Waals surface area contributed by atoms with Gasteiger partial charge in [0.05, 0.1) is 34.6 Å².